The van der Waals surface area contributed by atoms with Gasteiger partial charge in [-0.15, -0.1) is 0 Å². The van der Waals surface area contributed by atoms with Crippen molar-refractivity contribution in [3.8, 4) is 0 Å². The number of piperidine rings is 1. The maximum absolute atomic E-state index is 12.3. The molecule has 2 heterocycles. The highest BCUT2D eigenvalue weighted by molar-refractivity contribution is 7.98. The van der Waals surface area contributed by atoms with Crippen molar-refractivity contribution in [2.24, 2.45) is 0 Å². The van der Waals surface area contributed by atoms with Gasteiger partial charge in [-0.25, -0.2) is 4.79 Å². The molecule has 2 aliphatic heterocycles. The summed E-state index contributed by atoms with van der Waals surface area (Å²) in [6, 6.07) is 10.3. The van der Waals surface area contributed by atoms with Crippen LogP contribution >= 0.6 is 11.8 Å². The molecule has 2 saturated heterocycles. The molecular formula is C18H24N2O3S. The van der Waals surface area contributed by atoms with E-state index in [0.717, 1.165) is 24.3 Å². The van der Waals surface area contributed by atoms with Gasteiger partial charge in [-0.2, -0.15) is 11.8 Å². The molecule has 0 atom stereocenters. The van der Waals surface area contributed by atoms with Gasteiger partial charge in [-0.3, -0.25) is 4.79 Å². The fraction of sp³-hybridized carbons (Fsp3) is 0.556. The first-order valence-corrected chi connectivity index (χ1v) is 9.57. The molecule has 5 nitrogen and oxygen atoms in total. The molecule has 0 bridgehead atoms. The Kier molecular flexibility index (Phi) is 5.33. The Morgan fingerprint density at radius 2 is 1.96 bits per heavy atom. The average Bonchev–Trinajstić information content (AvgIpc) is 2.86. The van der Waals surface area contributed by atoms with Crippen LogP contribution < -0.4 is 0 Å². The summed E-state index contributed by atoms with van der Waals surface area (Å²) < 4.78 is 5.52. The molecule has 0 N–H and O–H groups in total. The van der Waals surface area contributed by atoms with Crippen LogP contribution in [0.15, 0.2) is 30.3 Å². The molecule has 24 heavy (non-hydrogen) atoms. The van der Waals surface area contributed by atoms with Crippen molar-refractivity contribution in [2.45, 2.75) is 30.6 Å². The molecule has 1 aromatic rings. The largest absolute Gasteiger partial charge is 0.441 e. The lowest BCUT2D eigenvalue weighted by molar-refractivity contribution is -0.134. The number of hydrogen-bond acceptors (Lipinski definition) is 4. The van der Waals surface area contributed by atoms with Gasteiger partial charge in [0.05, 0.1) is 6.54 Å². The molecule has 1 spiro atoms. The maximum atomic E-state index is 12.3. The van der Waals surface area contributed by atoms with E-state index in [1.807, 2.05) is 23.1 Å². The van der Waals surface area contributed by atoms with Gasteiger partial charge in [0.25, 0.3) is 0 Å². The zero-order chi connectivity index (χ0) is 17.0. The summed E-state index contributed by atoms with van der Waals surface area (Å²) in [6.45, 7) is 2.01. The van der Waals surface area contributed by atoms with Crippen molar-refractivity contribution in [1.82, 2.24) is 9.80 Å². The summed E-state index contributed by atoms with van der Waals surface area (Å²) in [6.07, 6.45) is 1.81. The number of ether oxygens (including phenoxy) is 1. The number of hydrogen-bond donors (Lipinski definition) is 0. The lowest BCUT2D eigenvalue weighted by atomic mass is 9.91. The van der Waals surface area contributed by atoms with E-state index in [2.05, 4.69) is 12.1 Å². The summed E-state index contributed by atoms with van der Waals surface area (Å²) in [4.78, 5) is 27.5. The van der Waals surface area contributed by atoms with Crippen LogP contribution in [0.5, 0.6) is 0 Å². The molecule has 2 aliphatic rings. The molecule has 3 rings (SSSR count). The highest BCUT2D eigenvalue weighted by Gasteiger charge is 2.46. The lowest BCUT2D eigenvalue weighted by Gasteiger charge is -2.37. The van der Waals surface area contributed by atoms with E-state index in [4.69, 9.17) is 4.74 Å². The van der Waals surface area contributed by atoms with Crippen molar-refractivity contribution in [3.63, 3.8) is 0 Å². The monoisotopic (exact) mass is 348 g/mol. The van der Waals surface area contributed by atoms with E-state index < -0.39 is 0 Å². The predicted octanol–water partition coefficient (Wildman–Crippen LogP) is 2.75. The standard InChI is InChI=1S/C18H24N2O3S/c1-19-14-18(23-17(19)22)8-10-20(11-9-18)16(21)7-12-24-13-15-5-3-2-4-6-15/h2-6H,7-14H2,1H3. The molecule has 0 saturated carbocycles. The third-order valence-electron chi connectivity index (χ3n) is 4.74. The number of carbonyl (C=O) groups excluding carboxylic acids is 2. The van der Waals surface area contributed by atoms with Gasteiger partial charge < -0.3 is 14.5 Å². The minimum absolute atomic E-state index is 0.211. The molecule has 130 valence electrons. The van der Waals surface area contributed by atoms with E-state index in [-0.39, 0.29) is 17.6 Å². The zero-order valence-electron chi connectivity index (χ0n) is 14.1. The third-order valence-corrected chi connectivity index (χ3v) is 5.77. The van der Waals surface area contributed by atoms with Gasteiger partial charge >= 0.3 is 6.09 Å². The summed E-state index contributed by atoms with van der Waals surface area (Å²) >= 11 is 1.79. The van der Waals surface area contributed by atoms with Crippen molar-refractivity contribution >= 4 is 23.8 Å². The lowest BCUT2D eigenvalue weighted by Crippen LogP contribution is -2.48. The number of amides is 2. The second-order valence-electron chi connectivity index (χ2n) is 6.58. The van der Waals surface area contributed by atoms with E-state index in [1.54, 1.807) is 23.7 Å². The Hall–Kier alpha value is -1.69. The number of nitrogens with zero attached hydrogens (tertiary/aromatic N) is 2. The number of thioether (sulfide) groups is 1. The topological polar surface area (TPSA) is 49.9 Å². The average molecular weight is 348 g/mol. The Bertz CT molecular complexity index is 585. The molecule has 0 unspecified atom stereocenters. The summed E-state index contributed by atoms with van der Waals surface area (Å²) in [5.74, 6) is 2.00. The summed E-state index contributed by atoms with van der Waals surface area (Å²) in [5, 5.41) is 0. The zero-order valence-corrected chi connectivity index (χ0v) is 14.9. The summed E-state index contributed by atoms with van der Waals surface area (Å²) in [7, 11) is 1.76. The van der Waals surface area contributed by atoms with Crippen LogP contribution in [-0.2, 0) is 15.3 Å². The van der Waals surface area contributed by atoms with Crippen LogP contribution in [0.3, 0.4) is 0 Å². The molecule has 6 heteroatoms. The molecule has 0 aromatic heterocycles. The third kappa shape index (κ3) is 4.04. The Morgan fingerprint density at radius 3 is 2.58 bits per heavy atom. The Labute approximate surface area is 147 Å². The van der Waals surface area contributed by atoms with Crippen LogP contribution in [0.1, 0.15) is 24.8 Å². The first-order valence-electron chi connectivity index (χ1n) is 8.42. The second-order valence-corrected chi connectivity index (χ2v) is 7.68. The first-order chi connectivity index (χ1) is 11.6. The minimum Gasteiger partial charge on any atom is -0.441 e. The molecule has 2 fully saturated rings. The minimum atomic E-state index is -0.370. The number of likely N-dealkylation sites (N-methyl/N-ethyl adjacent to an activating group) is 1. The van der Waals surface area contributed by atoms with Crippen LogP contribution in [0.25, 0.3) is 0 Å². The van der Waals surface area contributed by atoms with E-state index in [9.17, 15) is 9.59 Å². The quantitative estimate of drug-likeness (QED) is 0.768. The fourth-order valence-electron chi connectivity index (χ4n) is 3.30. The molecule has 0 aliphatic carbocycles. The van der Waals surface area contributed by atoms with Crippen molar-refractivity contribution in [1.29, 1.82) is 0 Å². The van der Waals surface area contributed by atoms with Crippen molar-refractivity contribution in [2.75, 3.05) is 32.4 Å². The van der Waals surface area contributed by atoms with E-state index >= 15 is 0 Å². The number of benzene rings is 1. The molecular weight excluding hydrogens is 324 g/mol. The van der Waals surface area contributed by atoms with Crippen LogP contribution in [-0.4, -0.2) is 59.8 Å². The second kappa shape index (κ2) is 7.47. The normalized spacial score (nSPS) is 19.6. The first kappa shape index (κ1) is 17.1. The molecule has 0 radical (unpaired) electrons. The number of carbonyl (C=O) groups is 2. The van der Waals surface area contributed by atoms with Gasteiger partial charge in [-0.05, 0) is 5.56 Å². The summed E-state index contributed by atoms with van der Waals surface area (Å²) in [5.41, 5.74) is 0.923. The fourth-order valence-corrected chi connectivity index (χ4v) is 4.19. The van der Waals surface area contributed by atoms with Gasteiger partial charge in [0, 0.05) is 50.9 Å². The molecule has 1 aromatic carbocycles. The van der Waals surface area contributed by atoms with Crippen molar-refractivity contribution in [3.05, 3.63) is 35.9 Å². The van der Waals surface area contributed by atoms with Gasteiger partial charge in [0.2, 0.25) is 5.91 Å². The Balaban J connectivity index is 1.37. The van der Waals surface area contributed by atoms with Crippen LogP contribution in [0.2, 0.25) is 0 Å². The predicted molar refractivity (Wildman–Crippen MR) is 94.9 cm³/mol. The van der Waals surface area contributed by atoms with Crippen molar-refractivity contribution < 1.29 is 14.3 Å². The smallest absolute Gasteiger partial charge is 0.410 e. The number of rotatable bonds is 5. The highest BCUT2D eigenvalue weighted by atomic mass is 32.2. The van der Waals surface area contributed by atoms with E-state index in [0.29, 0.717) is 26.1 Å². The van der Waals surface area contributed by atoms with Crippen LogP contribution in [0.4, 0.5) is 4.79 Å². The van der Waals surface area contributed by atoms with Gasteiger partial charge in [0.15, 0.2) is 0 Å². The SMILES string of the molecule is CN1CC2(CCN(C(=O)CCSCc3ccccc3)CC2)OC1=O. The highest BCUT2D eigenvalue weighted by Crippen LogP contribution is 2.32. The van der Waals surface area contributed by atoms with Gasteiger partial charge in [-0.1, -0.05) is 30.3 Å². The Morgan fingerprint density at radius 1 is 1.25 bits per heavy atom. The van der Waals surface area contributed by atoms with E-state index in [1.165, 1.54) is 5.56 Å². The number of likely N-dealkylation sites (tertiary alicyclic amines) is 1. The maximum Gasteiger partial charge on any atom is 0.410 e. The van der Waals surface area contributed by atoms with Gasteiger partial charge in [0.1, 0.15) is 5.60 Å². The molecule has 2 amide bonds. The van der Waals surface area contributed by atoms with Crippen LogP contribution in [0, 0.1) is 0 Å².